The summed E-state index contributed by atoms with van der Waals surface area (Å²) < 4.78 is 5.33. The van der Waals surface area contributed by atoms with Gasteiger partial charge in [0.25, 0.3) is 0 Å². The van der Waals surface area contributed by atoms with Crippen LogP contribution in [0, 0.1) is 5.92 Å². The van der Waals surface area contributed by atoms with Crippen LogP contribution in [0.15, 0.2) is 35.8 Å². The molecule has 3 nitrogen and oxygen atoms in total. The summed E-state index contributed by atoms with van der Waals surface area (Å²) >= 11 is 1.63. The van der Waals surface area contributed by atoms with Crippen molar-refractivity contribution in [3.63, 3.8) is 0 Å². The Morgan fingerprint density at radius 2 is 2.17 bits per heavy atom. The average molecular weight is 263 g/mol. The van der Waals surface area contributed by atoms with E-state index in [9.17, 15) is 5.11 Å². The van der Waals surface area contributed by atoms with Gasteiger partial charge in [-0.15, -0.1) is 11.3 Å². The lowest BCUT2D eigenvalue weighted by Gasteiger charge is -2.15. The van der Waals surface area contributed by atoms with Gasteiger partial charge in [0.2, 0.25) is 0 Å². The number of aromatic nitrogens is 1. The van der Waals surface area contributed by atoms with Crippen LogP contribution in [0.3, 0.4) is 0 Å². The second-order valence-electron chi connectivity index (χ2n) is 4.19. The predicted octanol–water partition coefficient (Wildman–Crippen LogP) is 2.55. The molecular weight excluding hydrogens is 246 g/mol. The molecule has 2 aromatic rings. The number of methoxy groups -OCH3 is 1. The number of aliphatic hydroxyl groups is 1. The average Bonchev–Trinajstić information content (AvgIpc) is 2.91. The number of ether oxygens (including phenoxy) is 1. The molecule has 0 aliphatic heterocycles. The minimum Gasteiger partial charge on any atom is -0.496 e. The molecule has 2 rings (SSSR count). The first-order valence-electron chi connectivity index (χ1n) is 5.94. The summed E-state index contributed by atoms with van der Waals surface area (Å²) in [6, 6.07) is 7.95. The number of para-hydroxylation sites is 1. The molecule has 1 aromatic carbocycles. The molecule has 0 saturated heterocycles. The number of aliphatic hydroxyl groups excluding tert-OH is 1. The summed E-state index contributed by atoms with van der Waals surface area (Å²) in [7, 11) is 1.67. The molecule has 0 spiro atoms. The highest BCUT2D eigenvalue weighted by Gasteiger charge is 2.13. The van der Waals surface area contributed by atoms with E-state index in [-0.39, 0.29) is 12.5 Å². The monoisotopic (exact) mass is 263 g/mol. The van der Waals surface area contributed by atoms with Crippen molar-refractivity contribution in [1.29, 1.82) is 0 Å². The first-order chi connectivity index (χ1) is 8.83. The first-order valence-corrected chi connectivity index (χ1v) is 6.82. The van der Waals surface area contributed by atoms with Crippen LogP contribution in [-0.4, -0.2) is 23.8 Å². The first kappa shape index (κ1) is 13.1. The lowest BCUT2D eigenvalue weighted by molar-refractivity contribution is 0.224. The molecule has 0 radical (unpaired) electrons. The Bertz CT molecular complexity index is 470. The molecule has 1 heterocycles. The van der Waals surface area contributed by atoms with Gasteiger partial charge in [-0.2, -0.15) is 0 Å². The van der Waals surface area contributed by atoms with Gasteiger partial charge in [0.1, 0.15) is 5.75 Å². The van der Waals surface area contributed by atoms with Gasteiger partial charge in [-0.3, -0.25) is 0 Å². The zero-order valence-corrected chi connectivity index (χ0v) is 11.2. The fraction of sp³-hybridized carbons (Fsp3) is 0.357. The van der Waals surface area contributed by atoms with E-state index in [0.29, 0.717) is 0 Å². The maximum absolute atomic E-state index is 9.49. The molecule has 1 unspecified atom stereocenters. The highest BCUT2D eigenvalue weighted by atomic mass is 32.1. The van der Waals surface area contributed by atoms with E-state index in [4.69, 9.17) is 4.74 Å². The Kier molecular flexibility index (Phi) is 4.73. The van der Waals surface area contributed by atoms with Gasteiger partial charge < -0.3 is 9.84 Å². The lowest BCUT2D eigenvalue weighted by atomic mass is 9.96. The SMILES string of the molecule is COc1ccccc1CC(CO)Cc1nccs1. The number of rotatable bonds is 6. The predicted molar refractivity (Wildman–Crippen MR) is 73.1 cm³/mol. The number of hydrogen-bond donors (Lipinski definition) is 1. The molecule has 0 fully saturated rings. The summed E-state index contributed by atoms with van der Waals surface area (Å²) in [5, 5.41) is 12.5. The Morgan fingerprint density at radius 1 is 1.33 bits per heavy atom. The summed E-state index contributed by atoms with van der Waals surface area (Å²) in [6.07, 6.45) is 3.42. The molecule has 96 valence electrons. The van der Waals surface area contributed by atoms with E-state index in [2.05, 4.69) is 4.98 Å². The molecule has 4 heteroatoms. The summed E-state index contributed by atoms with van der Waals surface area (Å²) in [4.78, 5) is 4.26. The van der Waals surface area contributed by atoms with Crippen molar-refractivity contribution in [1.82, 2.24) is 4.98 Å². The molecule has 0 saturated carbocycles. The fourth-order valence-electron chi connectivity index (χ4n) is 1.98. The van der Waals surface area contributed by atoms with Crippen molar-refractivity contribution in [2.24, 2.45) is 5.92 Å². The molecular formula is C14H17NO2S. The number of thiazole rings is 1. The molecule has 1 atom stereocenters. The highest BCUT2D eigenvalue weighted by molar-refractivity contribution is 7.09. The molecule has 0 amide bonds. The van der Waals surface area contributed by atoms with Crippen molar-refractivity contribution in [2.45, 2.75) is 12.8 Å². The molecule has 1 aromatic heterocycles. The van der Waals surface area contributed by atoms with Gasteiger partial charge >= 0.3 is 0 Å². The van der Waals surface area contributed by atoms with Crippen LogP contribution in [0.5, 0.6) is 5.75 Å². The minimum absolute atomic E-state index is 0.164. The van der Waals surface area contributed by atoms with E-state index < -0.39 is 0 Å². The second kappa shape index (κ2) is 6.52. The van der Waals surface area contributed by atoms with Crippen LogP contribution < -0.4 is 4.74 Å². The van der Waals surface area contributed by atoms with Gasteiger partial charge in [0.15, 0.2) is 0 Å². The minimum atomic E-state index is 0.164. The van der Waals surface area contributed by atoms with Crippen molar-refractivity contribution >= 4 is 11.3 Å². The topological polar surface area (TPSA) is 42.4 Å². The lowest BCUT2D eigenvalue weighted by Crippen LogP contribution is -2.13. The van der Waals surface area contributed by atoms with Crippen LogP contribution in [0.25, 0.3) is 0 Å². The van der Waals surface area contributed by atoms with E-state index >= 15 is 0 Å². The van der Waals surface area contributed by atoms with Crippen LogP contribution in [0.1, 0.15) is 10.6 Å². The second-order valence-corrected chi connectivity index (χ2v) is 5.17. The maximum Gasteiger partial charge on any atom is 0.122 e. The van der Waals surface area contributed by atoms with Crippen LogP contribution in [0.4, 0.5) is 0 Å². The summed E-state index contributed by atoms with van der Waals surface area (Å²) in [6.45, 7) is 0.164. The van der Waals surface area contributed by atoms with Gasteiger partial charge in [-0.1, -0.05) is 18.2 Å². The molecule has 1 N–H and O–H groups in total. The van der Waals surface area contributed by atoms with E-state index in [1.807, 2.05) is 29.6 Å². The van der Waals surface area contributed by atoms with Gasteiger partial charge in [-0.25, -0.2) is 4.98 Å². The largest absolute Gasteiger partial charge is 0.496 e. The quantitative estimate of drug-likeness (QED) is 0.871. The molecule has 18 heavy (non-hydrogen) atoms. The third-order valence-corrected chi connectivity index (χ3v) is 3.71. The maximum atomic E-state index is 9.49. The van der Waals surface area contributed by atoms with Gasteiger partial charge in [-0.05, 0) is 24.0 Å². The standard InChI is InChI=1S/C14H17NO2S/c1-17-13-5-3-2-4-12(13)8-11(10-16)9-14-15-6-7-18-14/h2-7,11,16H,8-10H2,1H3. The third kappa shape index (κ3) is 3.31. The summed E-state index contributed by atoms with van der Waals surface area (Å²) in [5.74, 6) is 1.07. The van der Waals surface area contributed by atoms with E-state index in [1.54, 1.807) is 24.6 Å². The molecule has 0 aliphatic carbocycles. The Hall–Kier alpha value is -1.39. The van der Waals surface area contributed by atoms with Crippen LogP contribution >= 0.6 is 11.3 Å². The molecule has 0 bridgehead atoms. The zero-order chi connectivity index (χ0) is 12.8. The van der Waals surface area contributed by atoms with Crippen molar-refractivity contribution < 1.29 is 9.84 Å². The number of nitrogens with zero attached hydrogens (tertiary/aromatic N) is 1. The Morgan fingerprint density at radius 3 is 2.83 bits per heavy atom. The molecule has 0 aliphatic rings. The highest BCUT2D eigenvalue weighted by Crippen LogP contribution is 2.23. The normalized spacial score (nSPS) is 12.3. The van der Waals surface area contributed by atoms with Crippen LogP contribution in [0.2, 0.25) is 0 Å². The zero-order valence-electron chi connectivity index (χ0n) is 10.4. The number of benzene rings is 1. The number of hydrogen-bond acceptors (Lipinski definition) is 4. The Labute approximate surface area is 111 Å². The fourth-order valence-corrected chi connectivity index (χ4v) is 2.72. The van der Waals surface area contributed by atoms with Crippen LogP contribution in [-0.2, 0) is 12.8 Å². The summed E-state index contributed by atoms with van der Waals surface area (Å²) in [5.41, 5.74) is 1.13. The van der Waals surface area contributed by atoms with Gasteiger partial charge in [0.05, 0.1) is 12.1 Å². The third-order valence-electron chi connectivity index (χ3n) is 2.91. The van der Waals surface area contributed by atoms with Crippen molar-refractivity contribution in [3.8, 4) is 5.75 Å². The van der Waals surface area contributed by atoms with Crippen molar-refractivity contribution in [2.75, 3.05) is 13.7 Å². The Balaban J connectivity index is 2.05. The van der Waals surface area contributed by atoms with E-state index in [0.717, 1.165) is 29.2 Å². The van der Waals surface area contributed by atoms with E-state index in [1.165, 1.54) is 0 Å². The smallest absolute Gasteiger partial charge is 0.122 e. The van der Waals surface area contributed by atoms with Gasteiger partial charge in [0, 0.05) is 24.6 Å². The van der Waals surface area contributed by atoms with Crippen molar-refractivity contribution in [3.05, 3.63) is 46.4 Å².